The maximum absolute atomic E-state index is 9.41. The Balaban J connectivity index is 1.85. The predicted molar refractivity (Wildman–Crippen MR) is 80.9 cm³/mol. The highest BCUT2D eigenvalue weighted by molar-refractivity contribution is 7.15. The molecule has 5 heteroatoms. The topological polar surface area (TPSA) is 36.4 Å². The summed E-state index contributed by atoms with van der Waals surface area (Å²) in [6.45, 7) is 3.14. The van der Waals surface area contributed by atoms with Gasteiger partial charge in [0, 0.05) is 12.6 Å². The third-order valence-corrected chi connectivity index (χ3v) is 5.26. The van der Waals surface area contributed by atoms with Crippen LogP contribution in [0.25, 0.3) is 0 Å². The Labute approximate surface area is 121 Å². The lowest BCUT2D eigenvalue weighted by Gasteiger charge is -2.20. The molecule has 0 radical (unpaired) electrons. The van der Waals surface area contributed by atoms with Crippen LogP contribution in [-0.2, 0) is 19.6 Å². The zero-order valence-corrected chi connectivity index (χ0v) is 12.6. The summed E-state index contributed by atoms with van der Waals surface area (Å²) < 4.78 is 0. The van der Waals surface area contributed by atoms with Gasteiger partial charge in [0.25, 0.3) is 0 Å². The van der Waals surface area contributed by atoms with Gasteiger partial charge in [0.1, 0.15) is 0 Å². The molecule has 3 nitrogen and oxygen atoms in total. The molecule has 1 aliphatic rings. The van der Waals surface area contributed by atoms with Crippen molar-refractivity contribution >= 4 is 27.8 Å². The predicted octanol–water partition coefficient (Wildman–Crippen LogP) is 3.43. The number of thiophene rings is 1. The Morgan fingerprint density at radius 1 is 1.47 bits per heavy atom. The maximum Gasteiger partial charge on any atom is 0.186 e. The molecular formula is C14H18N2OS2. The molecule has 0 aliphatic heterocycles. The van der Waals surface area contributed by atoms with Crippen molar-refractivity contribution in [2.45, 2.75) is 45.4 Å². The molecule has 102 valence electrons. The van der Waals surface area contributed by atoms with Crippen molar-refractivity contribution in [2.75, 3.05) is 4.90 Å². The first-order valence-electron chi connectivity index (χ1n) is 6.69. The lowest BCUT2D eigenvalue weighted by molar-refractivity contribution is 0.284. The van der Waals surface area contributed by atoms with Crippen LogP contribution in [0.4, 0.5) is 5.13 Å². The van der Waals surface area contributed by atoms with Crippen molar-refractivity contribution in [3.05, 3.63) is 33.0 Å². The molecule has 2 heterocycles. The molecule has 0 unspecified atom stereocenters. The average Bonchev–Trinajstić information content (AvgIpc) is 2.99. The van der Waals surface area contributed by atoms with E-state index in [9.17, 15) is 5.11 Å². The van der Waals surface area contributed by atoms with Gasteiger partial charge >= 0.3 is 0 Å². The van der Waals surface area contributed by atoms with E-state index in [4.69, 9.17) is 4.98 Å². The first kappa shape index (κ1) is 13.1. The van der Waals surface area contributed by atoms with E-state index in [-0.39, 0.29) is 6.61 Å². The van der Waals surface area contributed by atoms with Crippen molar-refractivity contribution in [3.8, 4) is 0 Å². The fraction of sp³-hybridized carbons (Fsp3) is 0.500. The number of hydrogen-bond donors (Lipinski definition) is 1. The summed E-state index contributed by atoms with van der Waals surface area (Å²) in [7, 11) is 0. The van der Waals surface area contributed by atoms with Crippen LogP contribution in [0, 0.1) is 0 Å². The average molecular weight is 294 g/mol. The minimum absolute atomic E-state index is 0.109. The largest absolute Gasteiger partial charge is 0.391 e. The van der Waals surface area contributed by atoms with Crippen LogP contribution in [0.3, 0.4) is 0 Å². The summed E-state index contributed by atoms with van der Waals surface area (Å²) in [5.41, 5.74) is 2.41. The molecule has 0 aromatic carbocycles. The first-order chi connectivity index (χ1) is 9.31. The summed E-state index contributed by atoms with van der Waals surface area (Å²) in [5, 5.41) is 14.8. The minimum atomic E-state index is 0.109. The zero-order chi connectivity index (χ0) is 13.2. The van der Waals surface area contributed by atoms with E-state index in [1.54, 1.807) is 22.7 Å². The van der Waals surface area contributed by atoms with Gasteiger partial charge in [0.05, 0.1) is 17.2 Å². The molecule has 19 heavy (non-hydrogen) atoms. The Hall–Kier alpha value is -0.910. The second-order valence-corrected chi connectivity index (χ2v) is 6.71. The second kappa shape index (κ2) is 5.61. The van der Waals surface area contributed by atoms with Crippen LogP contribution < -0.4 is 4.90 Å². The van der Waals surface area contributed by atoms with Gasteiger partial charge in [-0.05, 0) is 41.7 Å². The number of rotatable bonds is 6. The number of aryl methyl sites for hydroxylation is 1. The highest BCUT2D eigenvalue weighted by Gasteiger charge is 2.31. The summed E-state index contributed by atoms with van der Waals surface area (Å²) in [4.78, 5) is 8.16. The molecule has 1 fully saturated rings. The number of nitrogens with zero attached hydrogens (tertiary/aromatic N) is 2. The van der Waals surface area contributed by atoms with Gasteiger partial charge in [0.2, 0.25) is 0 Å². The number of anilines is 1. The normalized spacial score (nSPS) is 14.8. The Morgan fingerprint density at radius 3 is 2.84 bits per heavy atom. The molecule has 0 atom stereocenters. The highest BCUT2D eigenvalue weighted by atomic mass is 32.1. The third-order valence-electron chi connectivity index (χ3n) is 3.41. The van der Waals surface area contributed by atoms with Crippen LogP contribution >= 0.6 is 22.7 Å². The molecule has 2 aromatic heterocycles. The molecule has 1 N–H and O–H groups in total. The molecule has 3 rings (SSSR count). The summed E-state index contributed by atoms with van der Waals surface area (Å²) in [6, 6.07) is 2.82. The summed E-state index contributed by atoms with van der Waals surface area (Å²) in [5.74, 6) is 0. The highest BCUT2D eigenvalue weighted by Crippen LogP contribution is 2.36. The van der Waals surface area contributed by atoms with Gasteiger partial charge in [-0.2, -0.15) is 11.3 Å². The van der Waals surface area contributed by atoms with Gasteiger partial charge < -0.3 is 10.0 Å². The number of aromatic nitrogens is 1. The molecule has 1 saturated carbocycles. The van der Waals surface area contributed by atoms with E-state index in [0.717, 1.165) is 28.7 Å². The third kappa shape index (κ3) is 2.83. The van der Waals surface area contributed by atoms with E-state index >= 15 is 0 Å². The number of aliphatic hydroxyl groups excluding tert-OH is 1. The van der Waals surface area contributed by atoms with Crippen LogP contribution in [0.15, 0.2) is 16.8 Å². The Kier molecular flexibility index (Phi) is 3.86. The Bertz CT molecular complexity index is 510. The van der Waals surface area contributed by atoms with Crippen molar-refractivity contribution in [2.24, 2.45) is 0 Å². The molecule has 1 aliphatic carbocycles. The maximum atomic E-state index is 9.41. The zero-order valence-electron chi connectivity index (χ0n) is 11.0. The summed E-state index contributed by atoms with van der Waals surface area (Å²) in [6.07, 6.45) is 3.42. The number of hydrogen-bond acceptors (Lipinski definition) is 5. The van der Waals surface area contributed by atoms with Crippen molar-refractivity contribution in [1.82, 2.24) is 4.98 Å². The second-order valence-electron chi connectivity index (χ2n) is 4.87. The van der Waals surface area contributed by atoms with E-state index in [2.05, 4.69) is 28.7 Å². The standard InChI is InChI=1S/C14H18N2OS2/c1-2-12-13(8-17)19-14(15-12)16(11-3-4-11)7-10-5-6-18-9-10/h5-6,9,11,17H,2-4,7-8H2,1H3. The van der Waals surface area contributed by atoms with Crippen molar-refractivity contribution < 1.29 is 5.11 Å². The van der Waals surface area contributed by atoms with Gasteiger partial charge in [0.15, 0.2) is 5.13 Å². The quantitative estimate of drug-likeness (QED) is 0.886. The monoisotopic (exact) mass is 294 g/mol. The molecule has 2 aromatic rings. The molecule has 0 saturated heterocycles. The van der Waals surface area contributed by atoms with Gasteiger partial charge in [-0.1, -0.05) is 18.3 Å². The number of aliphatic hydroxyl groups is 1. The fourth-order valence-corrected chi connectivity index (χ4v) is 3.95. The Morgan fingerprint density at radius 2 is 2.32 bits per heavy atom. The lowest BCUT2D eigenvalue weighted by Crippen LogP contribution is -2.24. The lowest BCUT2D eigenvalue weighted by atomic mass is 10.3. The van der Waals surface area contributed by atoms with Crippen LogP contribution in [0.1, 0.15) is 35.9 Å². The smallest absolute Gasteiger partial charge is 0.186 e. The van der Waals surface area contributed by atoms with E-state index in [0.29, 0.717) is 6.04 Å². The van der Waals surface area contributed by atoms with Crippen LogP contribution in [0.5, 0.6) is 0 Å². The molecule has 0 amide bonds. The fourth-order valence-electron chi connectivity index (χ4n) is 2.21. The summed E-state index contributed by atoms with van der Waals surface area (Å²) >= 11 is 3.39. The first-order valence-corrected chi connectivity index (χ1v) is 8.45. The molecule has 0 bridgehead atoms. The number of thiazole rings is 1. The van der Waals surface area contributed by atoms with Gasteiger partial charge in [-0.15, -0.1) is 0 Å². The SMILES string of the molecule is CCc1nc(N(Cc2ccsc2)C2CC2)sc1CO. The van der Waals surface area contributed by atoms with Crippen LogP contribution in [-0.4, -0.2) is 16.1 Å². The molecule has 0 spiro atoms. The van der Waals surface area contributed by atoms with E-state index in [1.165, 1.54) is 18.4 Å². The van der Waals surface area contributed by atoms with Crippen molar-refractivity contribution in [1.29, 1.82) is 0 Å². The van der Waals surface area contributed by atoms with Crippen molar-refractivity contribution in [3.63, 3.8) is 0 Å². The molecular weight excluding hydrogens is 276 g/mol. The van der Waals surface area contributed by atoms with Crippen LogP contribution in [0.2, 0.25) is 0 Å². The van der Waals surface area contributed by atoms with Gasteiger partial charge in [-0.3, -0.25) is 0 Å². The minimum Gasteiger partial charge on any atom is -0.391 e. The van der Waals surface area contributed by atoms with E-state index in [1.807, 2.05) is 0 Å². The van der Waals surface area contributed by atoms with E-state index < -0.39 is 0 Å². The van der Waals surface area contributed by atoms with Gasteiger partial charge in [-0.25, -0.2) is 4.98 Å².